The van der Waals surface area contributed by atoms with Crippen LogP contribution in [-0.4, -0.2) is 78.9 Å². The highest BCUT2D eigenvalue weighted by Gasteiger charge is 2.21. The standard InChI is InChI=1S/C33H40N6O5/c34-28-9-4-5-10-29(28)37-32(40)30-12-11-26(22-36-30)23-39(16-6-15-38-17-19-42-20-18-38)33(41)35-14-13-27-24-43-31(44-27)21-25-7-2-1-3-8-25/h1-5,7-12,22,24,31H,6,13-21,23,34H2,(H,35,41)(H,37,40). The van der Waals surface area contributed by atoms with Gasteiger partial charge < -0.3 is 35.5 Å². The number of anilines is 2. The summed E-state index contributed by atoms with van der Waals surface area (Å²) in [5.74, 6) is 0.355. The van der Waals surface area contributed by atoms with Gasteiger partial charge in [0.25, 0.3) is 5.91 Å². The number of carbonyl (C=O) groups excluding carboxylic acids is 2. The van der Waals surface area contributed by atoms with Crippen molar-refractivity contribution in [3.8, 4) is 0 Å². The van der Waals surface area contributed by atoms with E-state index in [0.29, 0.717) is 49.6 Å². The number of nitrogens with one attached hydrogen (secondary N) is 2. The molecule has 2 aromatic carbocycles. The topological polar surface area (TPSA) is 131 Å². The molecule has 1 fully saturated rings. The van der Waals surface area contributed by atoms with Crippen LogP contribution in [0.5, 0.6) is 0 Å². The average Bonchev–Trinajstić information content (AvgIpc) is 3.49. The minimum absolute atomic E-state index is 0.172. The van der Waals surface area contributed by atoms with Crippen molar-refractivity contribution in [2.24, 2.45) is 0 Å². The van der Waals surface area contributed by atoms with E-state index in [9.17, 15) is 9.59 Å². The van der Waals surface area contributed by atoms with Crippen LogP contribution >= 0.6 is 0 Å². The molecular formula is C33H40N6O5. The summed E-state index contributed by atoms with van der Waals surface area (Å²) < 4.78 is 17.0. The third kappa shape index (κ3) is 9.19. The lowest BCUT2D eigenvalue weighted by atomic mass is 10.1. The number of pyridine rings is 1. The molecular weight excluding hydrogens is 560 g/mol. The molecule has 11 heteroatoms. The molecule has 0 bridgehead atoms. The second-order valence-corrected chi connectivity index (χ2v) is 10.8. The fourth-order valence-electron chi connectivity index (χ4n) is 5.03. The van der Waals surface area contributed by atoms with Gasteiger partial charge in [-0.1, -0.05) is 48.5 Å². The van der Waals surface area contributed by atoms with Gasteiger partial charge in [-0.2, -0.15) is 0 Å². The summed E-state index contributed by atoms with van der Waals surface area (Å²) in [5.41, 5.74) is 9.17. The molecule has 232 valence electrons. The molecule has 0 aliphatic carbocycles. The van der Waals surface area contributed by atoms with Crippen LogP contribution in [0.3, 0.4) is 0 Å². The second-order valence-electron chi connectivity index (χ2n) is 10.8. The Morgan fingerprint density at radius 3 is 2.57 bits per heavy atom. The van der Waals surface area contributed by atoms with Crippen LogP contribution in [0.25, 0.3) is 0 Å². The number of nitrogens with two attached hydrogens (primary N) is 1. The van der Waals surface area contributed by atoms with E-state index in [0.717, 1.165) is 50.4 Å². The van der Waals surface area contributed by atoms with Crippen LogP contribution < -0.4 is 16.4 Å². The normalized spacial score (nSPS) is 16.4. The van der Waals surface area contributed by atoms with Crippen molar-refractivity contribution >= 4 is 23.3 Å². The summed E-state index contributed by atoms with van der Waals surface area (Å²) in [5, 5.41) is 5.81. The van der Waals surface area contributed by atoms with Gasteiger partial charge in [-0.15, -0.1) is 0 Å². The number of hydrogen-bond acceptors (Lipinski definition) is 8. The zero-order chi connectivity index (χ0) is 30.6. The van der Waals surface area contributed by atoms with Crippen molar-refractivity contribution < 1.29 is 23.8 Å². The van der Waals surface area contributed by atoms with E-state index in [1.54, 1.807) is 47.7 Å². The molecule has 1 aromatic heterocycles. The number of benzene rings is 2. The van der Waals surface area contributed by atoms with Crippen LogP contribution in [0.15, 0.2) is 84.9 Å². The number of nitrogens with zero attached hydrogens (tertiary/aromatic N) is 3. The summed E-state index contributed by atoms with van der Waals surface area (Å²) in [4.78, 5) is 34.5. The number of hydrogen-bond donors (Lipinski definition) is 3. The van der Waals surface area contributed by atoms with Gasteiger partial charge in [0.05, 0.1) is 24.6 Å². The van der Waals surface area contributed by atoms with Gasteiger partial charge in [-0.05, 0) is 35.7 Å². The predicted molar refractivity (Wildman–Crippen MR) is 168 cm³/mol. The Morgan fingerprint density at radius 1 is 1.00 bits per heavy atom. The average molecular weight is 601 g/mol. The smallest absolute Gasteiger partial charge is 0.317 e. The molecule has 1 saturated heterocycles. The Kier molecular flexibility index (Phi) is 11.0. The lowest BCUT2D eigenvalue weighted by Gasteiger charge is -2.28. The third-order valence-electron chi connectivity index (χ3n) is 7.46. The van der Waals surface area contributed by atoms with Crippen LogP contribution in [0.1, 0.15) is 34.5 Å². The van der Waals surface area contributed by atoms with Crippen molar-refractivity contribution in [1.29, 1.82) is 0 Å². The lowest BCUT2D eigenvalue weighted by molar-refractivity contribution is -0.0314. The van der Waals surface area contributed by atoms with Crippen LogP contribution in [-0.2, 0) is 27.2 Å². The Bertz CT molecular complexity index is 1400. The zero-order valence-electron chi connectivity index (χ0n) is 24.8. The first-order chi connectivity index (χ1) is 21.5. The number of carbonyl (C=O) groups is 2. The lowest BCUT2D eigenvalue weighted by Crippen LogP contribution is -2.42. The number of morpholine rings is 1. The minimum Gasteiger partial charge on any atom is -0.459 e. The molecule has 3 amide bonds. The van der Waals surface area contributed by atoms with E-state index in [1.807, 2.05) is 36.4 Å². The van der Waals surface area contributed by atoms with Gasteiger partial charge in [0, 0.05) is 58.3 Å². The highest BCUT2D eigenvalue weighted by molar-refractivity contribution is 6.04. The van der Waals surface area contributed by atoms with Crippen molar-refractivity contribution in [1.82, 2.24) is 20.1 Å². The van der Waals surface area contributed by atoms with Gasteiger partial charge >= 0.3 is 6.03 Å². The first-order valence-corrected chi connectivity index (χ1v) is 15.0. The quantitative estimate of drug-likeness (QED) is 0.251. The number of urea groups is 1. The fraction of sp³-hybridized carbons (Fsp3) is 0.364. The van der Waals surface area contributed by atoms with Crippen LogP contribution in [0, 0.1) is 0 Å². The molecule has 44 heavy (non-hydrogen) atoms. The number of nitrogen functional groups attached to an aromatic ring is 1. The highest BCUT2D eigenvalue weighted by Crippen LogP contribution is 2.21. The molecule has 3 heterocycles. The number of rotatable bonds is 13. The van der Waals surface area contributed by atoms with Gasteiger partial charge in [-0.25, -0.2) is 4.79 Å². The maximum atomic E-state index is 13.3. The van der Waals surface area contributed by atoms with Crippen molar-refractivity contribution in [2.75, 3.05) is 57.0 Å². The van der Waals surface area contributed by atoms with E-state index >= 15 is 0 Å². The molecule has 5 rings (SSSR count). The monoisotopic (exact) mass is 600 g/mol. The number of para-hydroxylation sites is 2. The molecule has 11 nitrogen and oxygen atoms in total. The van der Waals surface area contributed by atoms with E-state index in [-0.39, 0.29) is 23.9 Å². The van der Waals surface area contributed by atoms with Gasteiger partial charge in [0.15, 0.2) is 0 Å². The van der Waals surface area contributed by atoms with E-state index < -0.39 is 0 Å². The highest BCUT2D eigenvalue weighted by atomic mass is 16.7. The Morgan fingerprint density at radius 2 is 1.80 bits per heavy atom. The molecule has 2 aliphatic rings. The van der Waals surface area contributed by atoms with Crippen molar-refractivity contribution in [2.45, 2.75) is 32.1 Å². The SMILES string of the molecule is Nc1ccccc1NC(=O)c1ccc(CN(CCCN2CCOCC2)C(=O)NCCC2=COC(Cc3ccccc3)O2)cn1. The van der Waals surface area contributed by atoms with Gasteiger partial charge in [-0.3, -0.25) is 14.7 Å². The molecule has 1 unspecified atom stereocenters. The molecule has 1 atom stereocenters. The van der Waals surface area contributed by atoms with Crippen molar-refractivity contribution in [3.63, 3.8) is 0 Å². The number of amides is 3. The molecule has 3 aromatic rings. The second kappa shape index (κ2) is 15.7. The summed E-state index contributed by atoms with van der Waals surface area (Å²) in [6.07, 6.45) is 4.91. The third-order valence-corrected chi connectivity index (χ3v) is 7.46. The Hall–Kier alpha value is -4.61. The summed E-state index contributed by atoms with van der Waals surface area (Å²) >= 11 is 0. The first kappa shape index (κ1) is 30.8. The Labute approximate surface area is 258 Å². The molecule has 0 radical (unpaired) electrons. The summed E-state index contributed by atoms with van der Waals surface area (Å²) in [6, 6.07) is 20.4. The largest absolute Gasteiger partial charge is 0.459 e. The number of aromatic nitrogens is 1. The maximum Gasteiger partial charge on any atom is 0.317 e. The fourth-order valence-corrected chi connectivity index (χ4v) is 5.03. The number of ether oxygens (including phenoxy) is 3. The van der Waals surface area contributed by atoms with E-state index in [2.05, 4.69) is 20.5 Å². The molecule has 0 spiro atoms. The maximum absolute atomic E-state index is 13.3. The van der Waals surface area contributed by atoms with Crippen LogP contribution in [0.4, 0.5) is 16.2 Å². The molecule has 2 aliphatic heterocycles. The van der Waals surface area contributed by atoms with Crippen molar-refractivity contribution in [3.05, 3.63) is 102 Å². The van der Waals surface area contributed by atoms with E-state index in [4.69, 9.17) is 19.9 Å². The van der Waals surface area contributed by atoms with E-state index in [1.165, 1.54) is 0 Å². The molecule has 4 N–H and O–H groups in total. The first-order valence-electron chi connectivity index (χ1n) is 15.0. The van der Waals surface area contributed by atoms with Crippen LogP contribution in [0.2, 0.25) is 0 Å². The van der Waals surface area contributed by atoms with Gasteiger partial charge in [0.2, 0.25) is 6.29 Å². The Balaban J connectivity index is 1.13. The van der Waals surface area contributed by atoms with Gasteiger partial charge in [0.1, 0.15) is 17.7 Å². The predicted octanol–water partition coefficient (Wildman–Crippen LogP) is 4.00. The zero-order valence-corrected chi connectivity index (χ0v) is 24.8. The minimum atomic E-state index is -0.359. The summed E-state index contributed by atoms with van der Waals surface area (Å²) in [7, 11) is 0. The summed E-state index contributed by atoms with van der Waals surface area (Å²) in [6.45, 7) is 5.49. The molecule has 0 saturated carbocycles.